The molecule has 0 fully saturated rings. The number of aliphatic carboxylic acids is 1. The van der Waals surface area contributed by atoms with Crippen LogP contribution in [0.3, 0.4) is 0 Å². The fourth-order valence-corrected chi connectivity index (χ4v) is 2.20. The summed E-state index contributed by atoms with van der Waals surface area (Å²) in [5.41, 5.74) is 0.896. The zero-order valence-electron chi connectivity index (χ0n) is 7.36. The lowest BCUT2D eigenvalue weighted by Gasteiger charge is -2.00. The van der Waals surface area contributed by atoms with Gasteiger partial charge in [-0.15, -0.1) is 11.3 Å². The summed E-state index contributed by atoms with van der Waals surface area (Å²) in [6.45, 7) is -0.0409. The SMILES string of the molecule is O=C(O)CNc1csc2ccccc12. The predicted molar refractivity (Wildman–Crippen MR) is 58.0 cm³/mol. The third kappa shape index (κ3) is 1.70. The van der Waals surface area contributed by atoms with Crippen molar-refractivity contribution in [2.24, 2.45) is 0 Å². The van der Waals surface area contributed by atoms with Gasteiger partial charge in [-0.3, -0.25) is 4.79 Å². The Labute approximate surface area is 85.0 Å². The van der Waals surface area contributed by atoms with E-state index in [0.29, 0.717) is 0 Å². The predicted octanol–water partition coefficient (Wildman–Crippen LogP) is 2.40. The van der Waals surface area contributed by atoms with Crippen molar-refractivity contribution in [1.82, 2.24) is 0 Å². The van der Waals surface area contributed by atoms with Crippen molar-refractivity contribution in [3.63, 3.8) is 0 Å². The third-order valence-electron chi connectivity index (χ3n) is 1.91. The maximum Gasteiger partial charge on any atom is 0.322 e. The molecular formula is C10H9NO2S. The average Bonchev–Trinajstić information content (AvgIpc) is 2.58. The largest absolute Gasteiger partial charge is 0.480 e. The van der Waals surface area contributed by atoms with E-state index in [4.69, 9.17) is 5.11 Å². The van der Waals surface area contributed by atoms with Gasteiger partial charge in [0.05, 0.1) is 5.69 Å². The number of hydrogen-bond acceptors (Lipinski definition) is 3. The maximum absolute atomic E-state index is 10.4. The molecule has 0 spiro atoms. The van der Waals surface area contributed by atoms with Gasteiger partial charge < -0.3 is 10.4 Å². The highest BCUT2D eigenvalue weighted by atomic mass is 32.1. The Hall–Kier alpha value is -1.55. The first-order valence-electron chi connectivity index (χ1n) is 4.19. The van der Waals surface area contributed by atoms with Crippen molar-refractivity contribution in [2.45, 2.75) is 0 Å². The van der Waals surface area contributed by atoms with E-state index in [1.807, 2.05) is 29.6 Å². The van der Waals surface area contributed by atoms with Gasteiger partial charge in [-0.25, -0.2) is 0 Å². The number of hydrogen-bond donors (Lipinski definition) is 2. The summed E-state index contributed by atoms with van der Waals surface area (Å²) in [5, 5.41) is 14.4. The minimum Gasteiger partial charge on any atom is -0.480 e. The second-order valence-corrected chi connectivity index (χ2v) is 3.80. The second-order valence-electron chi connectivity index (χ2n) is 2.89. The molecule has 0 unspecified atom stereocenters. The Morgan fingerprint density at radius 2 is 2.21 bits per heavy atom. The Bertz CT molecular complexity index is 464. The van der Waals surface area contributed by atoms with E-state index in [-0.39, 0.29) is 6.54 Å². The van der Waals surface area contributed by atoms with E-state index >= 15 is 0 Å². The minimum absolute atomic E-state index is 0.0409. The van der Waals surface area contributed by atoms with Crippen LogP contribution in [0.2, 0.25) is 0 Å². The molecule has 2 rings (SSSR count). The summed E-state index contributed by atoms with van der Waals surface area (Å²) < 4.78 is 1.17. The van der Waals surface area contributed by atoms with Gasteiger partial charge >= 0.3 is 5.97 Å². The highest BCUT2D eigenvalue weighted by Crippen LogP contribution is 2.29. The Balaban J connectivity index is 2.29. The Morgan fingerprint density at radius 1 is 1.43 bits per heavy atom. The molecule has 3 nitrogen and oxygen atoms in total. The molecule has 2 aromatic rings. The monoisotopic (exact) mass is 207 g/mol. The molecule has 0 radical (unpaired) electrons. The van der Waals surface area contributed by atoms with Crippen LogP contribution in [0.25, 0.3) is 10.1 Å². The van der Waals surface area contributed by atoms with Gasteiger partial charge in [-0.05, 0) is 6.07 Å². The molecule has 72 valence electrons. The Morgan fingerprint density at radius 3 is 3.00 bits per heavy atom. The molecule has 0 aliphatic heterocycles. The van der Waals surface area contributed by atoms with E-state index < -0.39 is 5.97 Å². The maximum atomic E-state index is 10.4. The summed E-state index contributed by atoms with van der Waals surface area (Å²) in [4.78, 5) is 10.4. The molecule has 1 heterocycles. The summed E-state index contributed by atoms with van der Waals surface area (Å²) in [6, 6.07) is 7.92. The van der Waals surface area contributed by atoms with Crippen LogP contribution in [-0.4, -0.2) is 17.6 Å². The van der Waals surface area contributed by atoms with Crippen LogP contribution in [0.5, 0.6) is 0 Å². The number of rotatable bonds is 3. The molecule has 0 saturated heterocycles. The lowest BCUT2D eigenvalue weighted by atomic mass is 10.2. The molecule has 1 aromatic carbocycles. The van der Waals surface area contributed by atoms with E-state index in [1.165, 1.54) is 4.70 Å². The van der Waals surface area contributed by atoms with Crippen LogP contribution in [0.15, 0.2) is 29.6 Å². The van der Waals surface area contributed by atoms with Gasteiger partial charge in [0, 0.05) is 15.5 Å². The standard InChI is InChI=1S/C10H9NO2S/c12-10(13)5-11-8-6-14-9-4-2-1-3-7(8)9/h1-4,6,11H,5H2,(H,12,13). The number of carboxylic acid groups (broad SMARTS) is 1. The number of benzene rings is 1. The number of carbonyl (C=O) groups is 1. The van der Waals surface area contributed by atoms with Crippen LogP contribution in [0, 0.1) is 0 Å². The highest BCUT2D eigenvalue weighted by Gasteiger charge is 2.03. The molecule has 4 heteroatoms. The molecule has 0 saturated carbocycles. The molecular weight excluding hydrogens is 198 g/mol. The fourth-order valence-electron chi connectivity index (χ4n) is 1.29. The van der Waals surface area contributed by atoms with Crippen molar-refractivity contribution >= 4 is 33.1 Å². The molecule has 0 amide bonds. The second kappa shape index (κ2) is 3.67. The first-order valence-corrected chi connectivity index (χ1v) is 5.07. The minimum atomic E-state index is -0.847. The molecule has 0 aliphatic carbocycles. The first-order chi connectivity index (χ1) is 6.77. The van der Waals surface area contributed by atoms with Gasteiger partial charge in [-0.2, -0.15) is 0 Å². The molecule has 1 aromatic heterocycles. The summed E-state index contributed by atoms with van der Waals surface area (Å²) >= 11 is 1.61. The van der Waals surface area contributed by atoms with Gasteiger partial charge in [0.25, 0.3) is 0 Å². The van der Waals surface area contributed by atoms with Gasteiger partial charge in [-0.1, -0.05) is 18.2 Å². The number of anilines is 1. The van der Waals surface area contributed by atoms with Crippen LogP contribution in [-0.2, 0) is 4.79 Å². The molecule has 2 N–H and O–H groups in total. The zero-order chi connectivity index (χ0) is 9.97. The zero-order valence-corrected chi connectivity index (χ0v) is 8.17. The van der Waals surface area contributed by atoms with Crippen LogP contribution < -0.4 is 5.32 Å². The lowest BCUT2D eigenvalue weighted by molar-refractivity contribution is -0.134. The summed E-state index contributed by atoms with van der Waals surface area (Å²) in [7, 11) is 0. The van der Waals surface area contributed by atoms with Gasteiger partial charge in [0.15, 0.2) is 0 Å². The fraction of sp³-hybridized carbons (Fsp3) is 0.100. The van der Waals surface area contributed by atoms with E-state index in [9.17, 15) is 4.79 Å². The molecule has 0 atom stereocenters. The van der Waals surface area contributed by atoms with Crippen molar-refractivity contribution in [3.05, 3.63) is 29.6 Å². The number of thiophene rings is 1. The quantitative estimate of drug-likeness (QED) is 0.812. The smallest absolute Gasteiger partial charge is 0.322 e. The highest BCUT2D eigenvalue weighted by molar-refractivity contribution is 7.17. The van der Waals surface area contributed by atoms with Crippen LogP contribution in [0.4, 0.5) is 5.69 Å². The number of nitrogens with one attached hydrogen (secondary N) is 1. The first kappa shape index (κ1) is 9.02. The van der Waals surface area contributed by atoms with E-state index in [2.05, 4.69) is 5.32 Å². The molecule has 0 bridgehead atoms. The van der Waals surface area contributed by atoms with Gasteiger partial charge in [0.2, 0.25) is 0 Å². The van der Waals surface area contributed by atoms with Gasteiger partial charge in [0.1, 0.15) is 6.54 Å². The number of carboxylic acids is 1. The third-order valence-corrected chi connectivity index (χ3v) is 2.87. The Kier molecular flexibility index (Phi) is 2.37. The number of fused-ring (bicyclic) bond motifs is 1. The van der Waals surface area contributed by atoms with Crippen molar-refractivity contribution in [1.29, 1.82) is 0 Å². The normalized spacial score (nSPS) is 10.3. The lowest BCUT2D eigenvalue weighted by Crippen LogP contribution is -2.11. The van der Waals surface area contributed by atoms with E-state index in [1.54, 1.807) is 11.3 Å². The van der Waals surface area contributed by atoms with Crippen molar-refractivity contribution in [2.75, 3.05) is 11.9 Å². The van der Waals surface area contributed by atoms with Crippen molar-refractivity contribution < 1.29 is 9.90 Å². The van der Waals surface area contributed by atoms with E-state index in [0.717, 1.165) is 11.1 Å². The van der Waals surface area contributed by atoms with Crippen LogP contribution >= 0.6 is 11.3 Å². The summed E-state index contributed by atoms with van der Waals surface area (Å²) in [6.07, 6.45) is 0. The van der Waals surface area contributed by atoms with Crippen LogP contribution in [0.1, 0.15) is 0 Å². The average molecular weight is 207 g/mol. The molecule has 14 heavy (non-hydrogen) atoms. The summed E-state index contributed by atoms with van der Waals surface area (Å²) in [5.74, 6) is -0.847. The van der Waals surface area contributed by atoms with Crippen molar-refractivity contribution in [3.8, 4) is 0 Å². The molecule has 0 aliphatic rings. The topological polar surface area (TPSA) is 49.3 Å².